The topological polar surface area (TPSA) is 9.23 Å². The molecule has 0 radical (unpaired) electrons. The summed E-state index contributed by atoms with van der Waals surface area (Å²) in [6, 6.07) is 4.82. The number of benzene rings is 1. The molecular formula is C13H11BrClFOS. The number of aryl methyl sites for hydroxylation is 1. The van der Waals surface area contributed by atoms with E-state index in [4.69, 9.17) is 16.3 Å². The molecule has 0 saturated carbocycles. The summed E-state index contributed by atoms with van der Waals surface area (Å²) in [5.74, 6) is 0.197. The van der Waals surface area contributed by atoms with Crippen LogP contribution in [0.3, 0.4) is 0 Å². The van der Waals surface area contributed by atoms with Crippen molar-refractivity contribution in [3.63, 3.8) is 0 Å². The van der Waals surface area contributed by atoms with Crippen LogP contribution in [-0.2, 0) is 0 Å². The van der Waals surface area contributed by atoms with Crippen molar-refractivity contribution in [1.29, 1.82) is 0 Å². The SMILES string of the molecule is COc1ccc(C(Br)c2scc(C)c2Cl)c(F)c1. The van der Waals surface area contributed by atoms with Gasteiger partial charge in [-0.1, -0.05) is 33.6 Å². The predicted octanol–water partition coefficient (Wildman–Crippen LogP) is 5.34. The third kappa shape index (κ3) is 2.56. The van der Waals surface area contributed by atoms with Crippen molar-refractivity contribution in [3.05, 3.63) is 50.4 Å². The van der Waals surface area contributed by atoms with Gasteiger partial charge in [0.1, 0.15) is 11.6 Å². The average molecular weight is 350 g/mol. The Morgan fingerprint density at radius 3 is 2.67 bits per heavy atom. The lowest BCUT2D eigenvalue weighted by molar-refractivity contribution is 0.411. The van der Waals surface area contributed by atoms with Crippen LogP contribution >= 0.6 is 38.9 Å². The highest BCUT2D eigenvalue weighted by molar-refractivity contribution is 9.09. The van der Waals surface area contributed by atoms with Crippen LogP contribution < -0.4 is 4.74 Å². The number of ether oxygens (including phenoxy) is 1. The molecule has 0 saturated heterocycles. The number of hydrogen-bond donors (Lipinski definition) is 0. The molecule has 0 aliphatic carbocycles. The molecule has 1 heterocycles. The molecule has 0 aliphatic rings. The maximum Gasteiger partial charge on any atom is 0.131 e. The third-order valence-electron chi connectivity index (χ3n) is 2.64. The summed E-state index contributed by atoms with van der Waals surface area (Å²) in [5.41, 5.74) is 1.56. The number of alkyl halides is 1. The zero-order chi connectivity index (χ0) is 13.3. The van der Waals surface area contributed by atoms with Crippen molar-refractivity contribution in [2.24, 2.45) is 0 Å². The lowest BCUT2D eigenvalue weighted by Crippen LogP contribution is -1.96. The van der Waals surface area contributed by atoms with E-state index in [1.165, 1.54) is 24.5 Å². The van der Waals surface area contributed by atoms with Crippen molar-refractivity contribution >= 4 is 38.9 Å². The van der Waals surface area contributed by atoms with Crippen LogP contribution in [0.15, 0.2) is 23.6 Å². The Morgan fingerprint density at radius 1 is 1.44 bits per heavy atom. The van der Waals surface area contributed by atoms with E-state index in [-0.39, 0.29) is 10.6 Å². The molecule has 0 bridgehead atoms. The zero-order valence-electron chi connectivity index (χ0n) is 9.84. The molecule has 1 atom stereocenters. The Morgan fingerprint density at radius 2 is 2.17 bits per heavy atom. The summed E-state index contributed by atoms with van der Waals surface area (Å²) in [7, 11) is 1.51. The molecule has 0 spiro atoms. The Kier molecular flexibility index (Phi) is 4.30. The van der Waals surface area contributed by atoms with Gasteiger partial charge in [-0.3, -0.25) is 0 Å². The Hall–Kier alpha value is -0.580. The number of methoxy groups -OCH3 is 1. The minimum Gasteiger partial charge on any atom is -0.497 e. The van der Waals surface area contributed by atoms with E-state index in [1.54, 1.807) is 12.1 Å². The smallest absolute Gasteiger partial charge is 0.131 e. The first-order valence-electron chi connectivity index (χ1n) is 5.25. The monoisotopic (exact) mass is 348 g/mol. The van der Waals surface area contributed by atoms with Crippen LogP contribution in [0.25, 0.3) is 0 Å². The lowest BCUT2D eigenvalue weighted by Gasteiger charge is -2.11. The Balaban J connectivity index is 2.40. The van der Waals surface area contributed by atoms with Gasteiger partial charge in [-0.25, -0.2) is 4.39 Å². The summed E-state index contributed by atoms with van der Waals surface area (Å²) >= 11 is 11.2. The van der Waals surface area contributed by atoms with Crippen molar-refractivity contribution in [2.45, 2.75) is 11.8 Å². The molecule has 5 heteroatoms. The maximum atomic E-state index is 14.0. The highest BCUT2D eigenvalue weighted by Crippen LogP contribution is 2.41. The van der Waals surface area contributed by atoms with Crippen LogP contribution in [0.2, 0.25) is 5.02 Å². The van der Waals surface area contributed by atoms with E-state index in [9.17, 15) is 4.39 Å². The standard InChI is InChI=1S/C13H11BrClFOS/c1-7-6-18-13(12(7)15)11(14)9-4-3-8(17-2)5-10(9)16/h3-6,11H,1-2H3. The van der Waals surface area contributed by atoms with Crippen molar-refractivity contribution in [2.75, 3.05) is 7.11 Å². The Labute approximate surface area is 123 Å². The Bertz CT molecular complexity index is 570. The number of rotatable bonds is 3. The van der Waals surface area contributed by atoms with Gasteiger partial charge >= 0.3 is 0 Å². The van der Waals surface area contributed by atoms with Gasteiger partial charge in [0.15, 0.2) is 0 Å². The second-order valence-electron chi connectivity index (χ2n) is 3.85. The molecule has 0 fully saturated rings. The highest BCUT2D eigenvalue weighted by atomic mass is 79.9. The van der Waals surface area contributed by atoms with Gasteiger partial charge in [0.25, 0.3) is 0 Å². The van der Waals surface area contributed by atoms with Crippen LogP contribution in [0.5, 0.6) is 5.75 Å². The molecule has 0 N–H and O–H groups in total. The predicted molar refractivity (Wildman–Crippen MR) is 77.8 cm³/mol. The molecule has 18 heavy (non-hydrogen) atoms. The molecule has 1 aromatic heterocycles. The quantitative estimate of drug-likeness (QED) is 0.679. The summed E-state index contributed by atoms with van der Waals surface area (Å²) in [4.78, 5) is 0.674. The minimum absolute atomic E-state index is 0.241. The van der Waals surface area contributed by atoms with Gasteiger partial charge in [-0.15, -0.1) is 11.3 Å². The summed E-state index contributed by atoms with van der Waals surface area (Å²) < 4.78 is 18.9. The fourth-order valence-electron chi connectivity index (χ4n) is 1.60. The second kappa shape index (κ2) is 5.59. The van der Waals surface area contributed by atoms with Gasteiger partial charge in [0, 0.05) is 16.5 Å². The molecule has 96 valence electrons. The van der Waals surface area contributed by atoms with E-state index >= 15 is 0 Å². The van der Waals surface area contributed by atoms with E-state index in [0.29, 0.717) is 16.3 Å². The molecule has 0 amide bonds. The van der Waals surface area contributed by atoms with Crippen molar-refractivity contribution in [3.8, 4) is 5.75 Å². The number of halogens is 3. The zero-order valence-corrected chi connectivity index (χ0v) is 13.0. The van der Waals surface area contributed by atoms with E-state index in [0.717, 1.165) is 10.4 Å². The minimum atomic E-state index is -0.307. The molecule has 1 aromatic carbocycles. The van der Waals surface area contributed by atoms with Crippen LogP contribution in [-0.4, -0.2) is 7.11 Å². The van der Waals surface area contributed by atoms with Crippen molar-refractivity contribution < 1.29 is 9.13 Å². The van der Waals surface area contributed by atoms with Crippen LogP contribution in [0.1, 0.15) is 20.8 Å². The summed E-state index contributed by atoms with van der Waals surface area (Å²) in [5, 5.41) is 2.66. The molecule has 1 nitrogen and oxygen atoms in total. The lowest BCUT2D eigenvalue weighted by atomic mass is 10.1. The highest BCUT2D eigenvalue weighted by Gasteiger charge is 2.20. The largest absolute Gasteiger partial charge is 0.497 e. The fourth-order valence-corrected chi connectivity index (χ4v) is 3.95. The third-order valence-corrected chi connectivity index (χ3v) is 5.67. The number of thiophene rings is 1. The van der Waals surface area contributed by atoms with E-state index in [2.05, 4.69) is 15.9 Å². The molecular weight excluding hydrogens is 339 g/mol. The fraction of sp³-hybridized carbons (Fsp3) is 0.231. The molecule has 2 aromatic rings. The first-order valence-corrected chi connectivity index (χ1v) is 7.43. The average Bonchev–Trinajstić information content (AvgIpc) is 2.69. The van der Waals surface area contributed by atoms with Gasteiger partial charge in [-0.05, 0) is 23.9 Å². The first kappa shape index (κ1) is 13.8. The summed E-state index contributed by atoms with van der Waals surface area (Å²) in [6.45, 7) is 1.94. The van der Waals surface area contributed by atoms with Crippen LogP contribution in [0.4, 0.5) is 4.39 Å². The van der Waals surface area contributed by atoms with Gasteiger partial charge in [0.2, 0.25) is 0 Å². The van der Waals surface area contributed by atoms with Crippen molar-refractivity contribution in [1.82, 2.24) is 0 Å². The van der Waals surface area contributed by atoms with Gasteiger partial charge < -0.3 is 4.74 Å². The molecule has 1 unspecified atom stereocenters. The van der Waals surface area contributed by atoms with Crippen LogP contribution in [0, 0.1) is 12.7 Å². The van der Waals surface area contributed by atoms with E-state index in [1.807, 2.05) is 12.3 Å². The van der Waals surface area contributed by atoms with Gasteiger partial charge in [0.05, 0.1) is 17.0 Å². The van der Waals surface area contributed by atoms with Gasteiger partial charge in [-0.2, -0.15) is 0 Å². The normalized spacial score (nSPS) is 12.5. The molecule has 0 aliphatic heterocycles. The maximum absolute atomic E-state index is 14.0. The first-order chi connectivity index (χ1) is 8.54. The molecule has 2 rings (SSSR count). The second-order valence-corrected chi connectivity index (χ2v) is 6.05. The van der Waals surface area contributed by atoms with E-state index < -0.39 is 0 Å². The number of hydrogen-bond acceptors (Lipinski definition) is 2. The summed E-state index contributed by atoms with van der Waals surface area (Å²) in [6.07, 6.45) is 0.